The fourth-order valence-corrected chi connectivity index (χ4v) is 1.86. The lowest BCUT2D eigenvalue weighted by atomic mass is 9.97. The molecular weight excluding hydrogens is 256 g/mol. The molecular formula is C15H22N2OS. The summed E-state index contributed by atoms with van der Waals surface area (Å²) in [6, 6.07) is 7.62. The molecule has 0 heterocycles. The molecule has 19 heavy (non-hydrogen) atoms. The Balaban J connectivity index is 2.86. The first-order valence-corrected chi connectivity index (χ1v) is 6.93. The number of nitrogens with two attached hydrogens (primary N) is 1. The van der Waals surface area contributed by atoms with Crippen LogP contribution in [0.3, 0.4) is 0 Å². The van der Waals surface area contributed by atoms with E-state index in [2.05, 4.69) is 19.2 Å². The van der Waals surface area contributed by atoms with Crippen molar-refractivity contribution < 1.29 is 4.79 Å². The number of hydrogen-bond acceptors (Lipinski definition) is 2. The van der Waals surface area contributed by atoms with Crippen LogP contribution in [0.15, 0.2) is 24.3 Å². The van der Waals surface area contributed by atoms with Crippen molar-refractivity contribution in [2.75, 3.05) is 0 Å². The van der Waals surface area contributed by atoms with E-state index in [-0.39, 0.29) is 5.91 Å². The van der Waals surface area contributed by atoms with Crippen molar-refractivity contribution in [2.45, 2.75) is 45.6 Å². The Labute approximate surface area is 120 Å². The van der Waals surface area contributed by atoms with Gasteiger partial charge in [-0.3, -0.25) is 4.79 Å². The van der Waals surface area contributed by atoms with Gasteiger partial charge in [0.15, 0.2) is 0 Å². The predicted octanol–water partition coefficient (Wildman–Crippen LogP) is 2.99. The molecule has 0 saturated heterocycles. The summed E-state index contributed by atoms with van der Waals surface area (Å²) in [5.41, 5.74) is 6.89. The molecule has 1 aromatic carbocycles. The van der Waals surface area contributed by atoms with E-state index in [9.17, 15) is 4.79 Å². The SMILES string of the molecule is CCC(C)(NC(=O)c1ccc(C(C)C)cc1)C(N)=S. The van der Waals surface area contributed by atoms with Crippen LogP contribution in [-0.2, 0) is 0 Å². The second-order valence-electron chi connectivity index (χ2n) is 5.28. The first-order valence-electron chi connectivity index (χ1n) is 6.52. The highest BCUT2D eigenvalue weighted by atomic mass is 32.1. The van der Waals surface area contributed by atoms with Crippen molar-refractivity contribution >= 4 is 23.1 Å². The highest BCUT2D eigenvalue weighted by Crippen LogP contribution is 2.16. The molecule has 3 nitrogen and oxygen atoms in total. The van der Waals surface area contributed by atoms with Gasteiger partial charge < -0.3 is 11.1 Å². The third-order valence-corrected chi connectivity index (χ3v) is 3.93. The van der Waals surface area contributed by atoms with Crippen LogP contribution in [0.2, 0.25) is 0 Å². The van der Waals surface area contributed by atoms with E-state index in [0.717, 1.165) is 0 Å². The van der Waals surface area contributed by atoms with E-state index in [1.54, 1.807) is 0 Å². The Morgan fingerprint density at radius 2 is 1.89 bits per heavy atom. The van der Waals surface area contributed by atoms with Gasteiger partial charge in [0.1, 0.15) is 0 Å². The fraction of sp³-hybridized carbons (Fsp3) is 0.467. The second-order valence-corrected chi connectivity index (χ2v) is 5.72. The number of amides is 1. The quantitative estimate of drug-likeness (QED) is 0.814. The van der Waals surface area contributed by atoms with Gasteiger partial charge in [0, 0.05) is 5.56 Å². The predicted molar refractivity (Wildman–Crippen MR) is 83.5 cm³/mol. The number of rotatable bonds is 5. The van der Waals surface area contributed by atoms with Gasteiger partial charge in [-0.1, -0.05) is 45.1 Å². The third-order valence-electron chi connectivity index (χ3n) is 3.48. The lowest BCUT2D eigenvalue weighted by Crippen LogP contribution is -2.54. The molecule has 0 bridgehead atoms. The van der Waals surface area contributed by atoms with Gasteiger partial charge in [-0.05, 0) is 37.0 Å². The third kappa shape index (κ3) is 3.77. The molecule has 0 aliphatic carbocycles. The zero-order chi connectivity index (χ0) is 14.6. The summed E-state index contributed by atoms with van der Waals surface area (Å²) in [5.74, 6) is 0.307. The van der Waals surface area contributed by atoms with Crippen molar-refractivity contribution in [3.8, 4) is 0 Å². The largest absolute Gasteiger partial charge is 0.391 e. The number of carbonyl (C=O) groups is 1. The molecule has 1 aromatic rings. The van der Waals surface area contributed by atoms with Crippen LogP contribution in [0.5, 0.6) is 0 Å². The van der Waals surface area contributed by atoms with Crippen LogP contribution in [-0.4, -0.2) is 16.4 Å². The van der Waals surface area contributed by atoms with Crippen LogP contribution in [0.25, 0.3) is 0 Å². The van der Waals surface area contributed by atoms with Crippen molar-refractivity contribution in [3.63, 3.8) is 0 Å². The van der Waals surface area contributed by atoms with Crippen LogP contribution in [0.1, 0.15) is 56.0 Å². The van der Waals surface area contributed by atoms with Crippen molar-refractivity contribution in [2.24, 2.45) is 5.73 Å². The van der Waals surface area contributed by atoms with Crippen LogP contribution >= 0.6 is 12.2 Å². The van der Waals surface area contributed by atoms with E-state index in [1.807, 2.05) is 38.1 Å². The van der Waals surface area contributed by atoms with Gasteiger partial charge in [-0.25, -0.2) is 0 Å². The Morgan fingerprint density at radius 3 is 2.26 bits per heavy atom. The molecule has 0 aliphatic rings. The van der Waals surface area contributed by atoms with Gasteiger partial charge in [0.05, 0.1) is 10.5 Å². The minimum atomic E-state index is -0.636. The number of benzene rings is 1. The van der Waals surface area contributed by atoms with Crippen LogP contribution in [0, 0.1) is 0 Å². The highest BCUT2D eigenvalue weighted by molar-refractivity contribution is 7.80. The van der Waals surface area contributed by atoms with Gasteiger partial charge >= 0.3 is 0 Å². The molecule has 4 heteroatoms. The molecule has 0 fully saturated rings. The average Bonchev–Trinajstić information content (AvgIpc) is 2.38. The Morgan fingerprint density at radius 1 is 1.37 bits per heavy atom. The summed E-state index contributed by atoms with van der Waals surface area (Å²) < 4.78 is 0. The minimum Gasteiger partial charge on any atom is -0.391 e. The summed E-state index contributed by atoms with van der Waals surface area (Å²) in [4.78, 5) is 12.5. The molecule has 1 amide bonds. The summed E-state index contributed by atoms with van der Waals surface area (Å²) in [6.07, 6.45) is 0.665. The molecule has 3 N–H and O–H groups in total. The lowest BCUT2D eigenvalue weighted by Gasteiger charge is -2.28. The van der Waals surface area contributed by atoms with Crippen LogP contribution in [0.4, 0.5) is 0 Å². The van der Waals surface area contributed by atoms with E-state index in [0.29, 0.717) is 22.9 Å². The Bertz CT molecular complexity index is 468. The summed E-state index contributed by atoms with van der Waals surface area (Å²) in [6.45, 7) is 8.03. The average molecular weight is 278 g/mol. The normalized spacial score (nSPS) is 13.9. The molecule has 1 atom stereocenters. The minimum absolute atomic E-state index is 0.146. The standard InChI is InChI=1S/C15H22N2OS/c1-5-15(4,14(16)19)17-13(18)12-8-6-11(7-9-12)10(2)3/h6-10H,5H2,1-4H3,(H2,16,19)(H,17,18). The number of thiocarbonyl (C=S) groups is 1. The Kier molecular flexibility index (Phi) is 5.06. The summed E-state index contributed by atoms with van der Waals surface area (Å²) in [7, 11) is 0. The fourth-order valence-electron chi connectivity index (χ4n) is 1.67. The maximum Gasteiger partial charge on any atom is 0.252 e. The zero-order valence-corrected chi connectivity index (χ0v) is 12.8. The van der Waals surface area contributed by atoms with Crippen LogP contribution < -0.4 is 11.1 Å². The molecule has 0 aromatic heterocycles. The first-order chi connectivity index (χ1) is 8.80. The van der Waals surface area contributed by atoms with Gasteiger partial charge in [-0.15, -0.1) is 0 Å². The molecule has 0 radical (unpaired) electrons. The summed E-state index contributed by atoms with van der Waals surface area (Å²) >= 11 is 5.02. The van der Waals surface area contributed by atoms with Crippen molar-refractivity contribution in [1.82, 2.24) is 5.32 Å². The van der Waals surface area contributed by atoms with Crippen molar-refractivity contribution in [1.29, 1.82) is 0 Å². The van der Waals surface area contributed by atoms with E-state index >= 15 is 0 Å². The topological polar surface area (TPSA) is 55.1 Å². The number of carbonyl (C=O) groups excluding carboxylic acids is 1. The van der Waals surface area contributed by atoms with E-state index in [1.165, 1.54) is 5.56 Å². The maximum absolute atomic E-state index is 12.2. The first kappa shape index (κ1) is 15.6. The molecule has 1 rings (SSSR count). The van der Waals surface area contributed by atoms with E-state index < -0.39 is 5.54 Å². The smallest absolute Gasteiger partial charge is 0.252 e. The maximum atomic E-state index is 12.2. The highest BCUT2D eigenvalue weighted by Gasteiger charge is 2.27. The molecule has 0 aliphatic heterocycles. The van der Waals surface area contributed by atoms with E-state index in [4.69, 9.17) is 18.0 Å². The second kappa shape index (κ2) is 6.15. The van der Waals surface area contributed by atoms with Gasteiger partial charge in [-0.2, -0.15) is 0 Å². The molecule has 0 spiro atoms. The summed E-state index contributed by atoms with van der Waals surface area (Å²) in [5, 5.41) is 2.90. The molecule has 104 valence electrons. The Hall–Kier alpha value is -1.42. The zero-order valence-electron chi connectivity index (χ0n) is 12.0. The van der Waals surface area contributed by atoms with Crippen molar-refractivity contribution in [3.05, 3.63) is 35.4 Å². The lowest BCUT2D eigenvalue weighted by molar-refractivity contribution is 0.0926. The molecule has 0 saturated carbocycles. The van der Waals surface area contributed by atoms with Gasteiger partial charge in [0.2, 0.25) is 0 Å². The number of nitrogens with one attached hydrogen (secondary N) is 1. The molecule has 1 unspecified atom stereocenters. The van der Waals surface area contributed by atoms with Gasteiger partial charge in [0.25, 0.3) is 5.91 Å². The number of hydrogen-bond donors (Lipinski definition) is 2. The monoisotopic (exact) mass is 278 g/mol.